The molecule has 118 valence electrons. The average molecular weight is 383 g/mol. The maximum atomic E-state index is 13.3. The number of nitrogens with zero attached hydrogens (tertiary/aromatic N) is 1. The summed E-state index contributed by atoms with van der Waals surface area (Å²) in [6, 6.07) is 7.86. The summed E-state index contributed by atoms with van der Waals surface area (Å²) in [5.74, 6) is -0.625. The monoisotopic (exact) mass is 381 g/mol. The fourth-order valence-electron chi connectivity index (χ4n) is 1.93. The second kappa shape index (κ2) is 6.62. The molecule has 22 heavy (non-hydrogen) atoms. The fourth-order valence-corrected chi connectivity index (χ4v) is 4.31. The highest BCUT2D eigenvalue weighted by atomic mass is 35.5. The minimum Gasteiger partial charge on any atom is -0.267 e. The Labute approximate surface area is 143 Å². The maximum absolute atomic E-state index is 13.3. The summed E-state index contributed by atoms with van der Waals surface area (Å²) >= 11 is 17.5. The first-order valence-electron chi connectivity index (χ1n) is 6.20. The highest BCUT2D eigenvalue weighted by molar-refractivity contribution is 7.93. The standard InChI is InChI=1S/C14H11Cl3FNO2S/c1-2-19(10-4-6-13(18)12(17)8-10)22(20,21)14-7-9(15)3-5-11(14)16/h3-8H,2H2,1H3. The van der Waals surface area contributed by atoms with Crippen molar-refractivity contribution < 1.29 is 12.8 Å². The van der Waals surface area contributed by atoms with Gasteiger partial charge in [-0.3, -0.25) is 4.31 Å². The van der Waals surface area contributed by atoms with Gasteiger partial charge >= 0.3 is 0 Å². The van der Waals surface area contributed by atoms with E-state index in [9.17, 15) is 12.8 Å². The Morgan fingerprint density at radius 3 is 2.32 bits per heavy atom. The van der Waals surface area contributed by atoms with E-state index >= 15 is 0 Å². The Morgan fingerprint density at radius 1 is 1.05 bits per heavy atom. The van der Waals surface area contributed by atoms with E-state index in [4.69, 9.17) is 34.8 Å². The van der Waals surface area contributed by atoms with E-state index in [0.29, 0.717) is 0 Å². The first kappa shape index (κ1) is 17.3. The molecule has 0 aliphatic heterocycles. The largest absolute Gasteiger partial charge is 0.267 e. The molecule has 2 aromatic rings. The van der Waals surface area contributed by atoms with Crippen molar-refractivity contribution in [2.24, 2.45) is 0 Å². The fraction of sp³-hybridized carbons (Fsp3) is 0.143. The van der Waals surface area contributed by atoms with Crippen LogP contribution in [0, 0.1) is 5.82 Å². The van der Waals surface area contributed by atoms with Gasteiger partial charge in [-0.1, -0.05) is 34.8 Å². The van der Waals surface area contributed by atoms with Gasteiger partial charge in [0.05, 0.1) is 15.7 Å². The minimum atomic E-state index is -3.95. The smallest absolute Gasteiger partial charge is 0.265 e. The number of sulfonamides is 1. The molecule has 0 aliphatic rings. The first-order valence-corrected chi connectivity index (χ1v) is 8.77. The van der Waals surface area contributed by atoms with Crippen LogP contribution in [0.15, 0.2) is 41.3 Å². The molecule has 0 atom stereocenters. The Balaban J connectivity index is 2.58. The van der Waals surface area contributed by atoms with Crippen molar-refractivity contribution in [1.29, 1.82) is 0 Å². The molecule has 0 N–H and O–H groups in total. The quantitative estimate of drug-likeness (QED) is 0.746. The van der Waals surface area contributed by atoms with E-state index in [2.05, 4.69) is 0 Å². The summed E-state index contributed by atoms with van der Waals surface area (Å²) in [5, 5.41) is 0.135. The second-order valence-corrected chi connectivity index (χ2v) is 7.42. The van der Waals surface area contributed by atoms with Gasteiger partial charge in [-0.2, -0.15) is 0 Å². The summed E-state index contributed by atoms with van der Waals surface area (Å²) in [6.07, 6.45) is 0. The van der Waals surface area contributed by atoms with Crippen molar-refractivity contribution in [3.8, 4) is 0 Å². The summed E-state index contributed by atoms with van der Waals surface area (Å²) in [7, 11) is -3.95. The zero-order valence-electron chi connectivity index (χ0n) is 11.4. The Kier molecular flexibility index (Phi) is 5.22. The molecule has 0 saturated heterocycles. The van der Waals surface area contributed by atoms with Gasteiger partial charge in [-0.15, -0.1) is 0 Å². The van der Waals surface area contributed by atoms with Gasteiger partial charge in [0.25, 0.3) is 10.0 Å². The topological polar surface area (TPSA) is 37.4 Å². The number of halogens is 4. The molecule has 3 nitrogen and oxygen atoms in total. The van der Waals surface area contributed by atoms with Gasteiger partial charge in [-0.25, -0.2) is 12.8 Å². The Hall–Kier alpha value is -1.01. The van der Waals surface area contributed by atoms with Crippen molar-refractivity contribution in [3.05, 3.63) is 57.3 Å². The lowest BCUT2D eigenvalue weighted by molar-refractivity contribution is 0.591. The van der Waals surface area contributed by atoms with Gasteiger partial charge in [-0.05, 0) is 43.3 Å². The summed E-state index contributed by atoms with van der Waals surface area (Å²) in [6.45, 7) is 1.76. The lowest BCUT2D eigenvalue weighted by Crippen LogP contribution is -2.31. The molecule has 0 aliphatic carbocycles. The van der Waals surface area contributed by atoms with Crippen LogP contribution in [0.2, 0.25) is 15.1 Å². The molecule has 2 aromatic carbocycles. The van der Waals surface area contributed by atoms with Crippen LogP contribution in [-0.2, 0) is 10.0 Å². The van der Waals surface area contributed by atoms with Crippen molar-refractivity contribution in [1.82, 2.24) is 0 Å². The van der Waals surface area contributed by atoms with Gasteiger partial charge < -0.3 is 0 Å². The van der Waals surface area contributed by atoms with Crippen LogP contribution in [0.3, 0.4) is 0 Å². The molecule has 0 radical (unpaired) electrons. The predicted molar refractivity (Wildman–Crippen MR) is 88.1 cm³/mol. The number of benzene rings is 2. The van der Waals surface area contributed by atoms with Crippen LogP contribution in [0.5, 0.6) is 0 Å². The molecule has 8 heteroatoms. The van der Waals surface area contributed by atoms with E-state index in [1.165, 1.54) is 30.3 Å². The normalized spacial score (nSPS) is 11.5. The molecule has 0 amide bonds. The molecule has 2 rings (SSSR count). The SMILES string of the molecule is CCN(c1ccc(F)c(Cl)c1)S(=O)(=O)c1cc(Cl)ccc1Cl. The predicted octanol–water partition coefficient (Wildman–Crippen LogP) is 5.00. The number of hydrogen-bond acceptors (Lipinski definition) is 2. The number of rotatable bonds is 4. The molecule has 0 unspecified atom stereocenters. The van der Waals surface area contributed by atoms with E-state index in [1.54, 1.807) is 6.92 Å². The van der Waals surface area contributed by atoms with E-state index in [-0.39, 0.29) is 32.2 Å². The molecule has 0 bridgehead atoms. The van der Waals surface area contributed by atoms with Crippen molar-refractivity contribution >= 4 is 50.5 Å². The molecule has 0 aromatic heterocycles. The molecule has 0 heterocycles. The van der Waals surface area contributed by atoms with Gasteiger partial charge in [0.2, 0.25) is 0 Å². The third-order valence-electron chi connectivity index (χ3n) is 2.94. The van der Waals surface area contributed by atoms with Crippen molar-refractivity contribution in [3.63, 3.8) is 0 Å². The lowest BCUT2D eigenvalue weighted by atomic mass is 10.3. The van der Waals surface area contributed by atoms with Crippen LogP contribution >= 0.6 is 34.8 Å². The minimum absolute atomic E-state index is 0.0519. The molecular formula is C14H11Cl3FNO2S. The van der Waals surface area contributed by atoms with E-state index < -0.39 is 15.8 Å². The van der Waals surface area contributed by atoms with Crippen molar-refractivity contribution in [2.45, 2.75) is 11.8 Å². The third-order valence-corrected chi connectivity index (χ3v) is 5.85. The molecular weight excluding hydrogens is 372 g/mol. The van der Waals surface area contributed by atoms with Gasteiger partial charge in [0.1, 0.15) is 10.7 Å². The van der Waals surface area contributed by atoms with Crippen molar-refractivity contribution in [2.75, 3.05) is 10.8 Å². The first-order chi connectivity index (χ1) is 10.3. The number of anilines is 1. The number of hydrogen-bond donors (Lipinski definition) is 0. The average Bonchev–Trinajstić information content (AvgIpc) is 2.45. The maximum Gasteiger partial charge on any atom is 0.265 e. The molecule has 0 spiro atoms. The summed E-state index contributed by atoms with van der Waals surface area (Å²) < 4.78 is 39.9. The summed E-state index contributed by atoms with van der Waals surface area (Å²) in [4.78, 5) is -0.121. The van der Waals surface area contributed by atoms with E-state index in [1.807, 2.05) is 0 Å². The highest BCUT2D eigenvalue weighted by Crippen LogP contribution is 2.32. The van der Waals surface area contributed by atoms with Crippen LogP contribution in [-0.4, -0.2) is 15.0 Å². The van der Waals surface area contributed by atoms with Gasteiger partial charge in [0.15, 0.2) is 0 Å². The van der Waals surface area contributed by atoms with E-state index in [0.717, 1.165) is 10.4 Å². The van der Waals surface area contributed by atoms with Crippen LogP contribution in [0.25, 0.3) is 0 Å². The van der Waals surface area contributed by atoms with Crippen LogP contribution in [0.4, 0.5) is 10.1 Å². The highest BCUT2D eigenvalue weighted by Gasteiger charge is 2.26. The summed E-state index contributed by atoms with van der Waals surface area (Å²) in [5.41, 5.74) is 0.241. The lowest BCUT2D eigenvalue weighted by Gasteiger charge is -2.23. The zero-order chi connectivity index (χ0) is 16.5. The van der Waals surface area contributed by atoms with Crippen LogP contribution < -0.4 is 4.31 Å². The molecule has 0 fully saturated rings. The molecule has 0 saturated carbocycles. The second-order valence-electron chi connectivity index (χ2n) is 4.34. The third kappa shape index (κ3) is 3.33. The Bertz CT molecular complexity index is 812. The zero-order valence-corrected chi connectivity index (χ0v) is 14.4. The van der Waals surface area contributed by atoms with Gasteiger partial charge in [0, 0.05) is 11.6 Å². The van der Waals surface area contributed by atoms with Crippen LogP contribution in [0.1, 0.15) is 6.92 Å². The Morgan fingerprint density at radius 2 is 1.73 bits per heavy atom.